The van der Waals surface area contributed by atoms with Gasteiger partial charge in [-0.25, -0.2) is 9.97 Å². The van der Waals surface area contributed by atoms with Gasteiger partial charge in [0, 0.05) is 11.8 Å². The number of hydrogen-bond acceptors (Lipinski definition) is 5. The number of aromatic nitrogens is 2. The third-order valence-corrected chi connectivity index (χ3v) is 2.72. The largest absolute Gasteiger partial charge is 0.497 e. The van der Waals surface area contributed by atoms with Crippen LogP contribution in [0.3, 0.4) is 0 Å². The third-order valence-electron chi connectivity index (χ3n) is 2.72. The maximum absolute atomic E-state index is 5.37. The van der Waals surface area contributed by atoms with Crippen LogP contribution in [-0.4, -0.2) is 31.2 Å². The smallest absolute Gasteiger partial charge is 0.142 e. The topological polar surface area (TPSA) is 56.3 Å². The van der Waals surface area contributed by atoms with Gasteiger partial charge >= 0.3 is 0 Å². The molecule has 0 fully saturated rings. The fourth-order valence-corrected chi connectivity index (χ4v) is 1.81. The summed E-state index contributed by atoms with van der Waals surface area (Å²) in [7, 11) is 5.14. The molecule has 0 spiro atoms. The molecular formula is C14H17N3O2. The van der Waals surface area contributed by atoms with Crippen LogP contribution in [0.15, 0.2) is 30.5 Å². The summed E-state index contributed by atoms with van der Waals surface area (Å²) in [5.41, 5.74) is 1.71. The second-order valence-corrected chi connectivity index (χ2v) is 3.95. The molecule has 0 amide bonds. The Hall–Kier alpha value is -2.14. The summed E-state index contributed by atoms with van der Waals surface area (Å²) in [6.07, 6.45) is 1.74. The lowest BCUT2D eigenvalue weighted by molar-refractivity contribution is 0.404. The monoisotopic (exact) mass is 259 g/mol. The minimum absolute atomic E-state index is 0.625. The Labute approximate surface area is 112 Å². The van der Waals surface area contributed by atoms with E-state index >= 15 is 0 Å². The van der Waals surface area contributed by atoms with Crippen molar-refractivity contribution in [2.45, 2.75) is 6.54 Å². The SMILES string of the molecule is CNCc1nccc(-c2cc(OC)ccc2OC)n1. The minimum atomic E-state index is 0.625. The first-order valence-corrected chi connectivity index (χ1v) is 5.97. The first kappa shape index (κ1) is 13.3. The quantitative estimate of drug-likeness (QED) is 0.888. The van der Waals surface area contributed by atoms with Crippen LogP contribution in [0.2, 0.25) is 0 Å². The Bertz CT molecular complexity index is 558. The van der Waals surface area contributed by atoms with Gasteiger partial charge in [-0.05, 0) is 31.3 Å². The van der Waals surface area contributed by atoms with Gasteiger partial charge in [-0.2, -0.15) is 0 Å². The number of benzene rings is 1. The van der Waals surface area contributed by atoms with E-state index in [0.29, 0.717) is 6.54 Å². The summed E-state index contributed by atoms with van der Waals surface area (Å²) in [5.74, 6) is 2.27. The highest BCUT2D eigenvalue weighted by Gasteiger charge is 2.09. The van der Waals surface area contributed by atoms with Crippen molar-refractivity contribution in [3.05, 3.63) is 36.3 Å². The summed E-state index contributed by atoms with van der Waals surface area (Å²) < 4.78 is 10.6. The molecule has 19 heavy (non-hydrogen) atoms. The summed E-state index contributed by atoms with van der Waals surface area (Å²) in [4.78, 5) is 8.71. The van der Waals surface area contributed by atoms with Gasteiger partial charge in [0.05, 0.1) is 26.5 Å². The number of rotatable bonds is 5. The van der Waals surface area contributed by atoms with Crippen LogP contribution < -0.4 is 14.8 Å². The van der Waals surface area contributed by atoms with Gasteiger partial charge in [0.15, 0.2) is 0 Å². The van der Waals surface area contributed by atoms with Gasteiger partial charge in [-0.1, -0.05) is 0 Å². The van der Waals surface area contributed by atoms with E-state index in [2.05, 4.69) is 15.3 Å². The maximum Gasteiger partial charge on any atom is 0.142 e. The van der Waals surface area contributed by atoms with Gasteiger partial charge in [0.1, 0.15) is 17.3 Å². The highest BCUT2D eigenvalue weighted by molar-refractivity contribution is 5.68. The van der Waals surface area contributed by atoms with Crippen molar-refractivity contribution < 1.29 is 9.47 Å². The molecule has 0 saturated heterocycles. The number of hydrogen-bond donors (Lipinski definition) is 1. The van der Waals surface area contributed by atoms with Gasteiger partial charge in [0.2, 0.25) is 0 Å². The van der Waals surface area contributed by atoms with E-state index in [1.807, 2.05) is 31.3 Å². The molecule has 1 N–H and O–H groups in total. The molecule has 1 aromatic carbocycles. The molecule has 1 aromatic heterocycles. The van der Waals surface area contributed by atoms with Crippen molar-refractivity contribution in [1.82, 2.24) is 15.3 Å². The molecule has 0 saturated carbocycles. The van der Waals surface area contributed by atoms with E-state index in [-0.39, 0.29) is 0 Å². The summed E-state index contributed by atoms with van der Waals surface area (Å²) in [5, 5.41) is 3.03. The van der Waals surface area contributed by atoms with Crippen LogP contribution in [0, 0.1) is 0 Å². The van der Waals surface area contributed by atoms with Crippen molar-refractivity contribution in [2.75, 3.05) is 21.3 Å². The molecule has 5 heteroatoms. The number of nitrogens with one attached hydrogen (secondary N) is 1. The predicted octanol–water partition coefficient (Wildman–Crippen LogP) is 1.88. The maximum atomic E-state index is 5.37. The zero-order chi connectivity index (χ0) is 13.7. The molecule has 0 bridgehead atoms. The van der Waals surface area contributed by atoms with E-state index in [4.69, 9.17) is 9.47 Å². The second kappa shape index (κ2) is 6.15. The lowest BCUT2D eigenvalue weighted by Gasteiger charge is -2.10. The summed E-state index contributed by atoms with van der Waals surface area (Å²) >= 11 is 0. The molecular weight excluding hydrogens is 242 g/mol. The first-order valence-electron chi connectivity index (χ1n) is 5.97. The van der Waals surface area contributed by atoms with Crippen molar-refractivity contribution >= 4 is 0 Å². The molecule has 0 aliphatic carbocycles. The van der Waals surface area contributed by atoms with Crippen LogP contribution in [0.25, 0.3) is 11.3 Å². The van der Waals surface area contributed by atoms with E-state index in [0.717, 1.165) is 28.6 Å². The fourth-order valence-electron chi connectivity index (χ4n) is 1.81. The van der Waals surface area contributed by atoms with Crippen LogP contribution in [0.5, 0.6) is 11.5 Å². The molecule has 2 aromatic rings. The first-order chi connectivity index (χ1) is 9.28. The molecule has 0 unspecified atom stereocenters. The third kappa shape index (κ3) is 3.00. The second-order valence-electron chi connectivity index (χ2n) is 3.95. The van der Waals surface area contributed by atoms with Crippen LogP contribution in [0.1, 0.15) is 5.82 Å². The lowest BCUT2D eigenvalue weighted by Crippen LogP contribution is -2.09. The fraction of sp³-hybridized carbons (Fsp3) is 0.286. The Morgan fingerprint density at radius 2 is 2.00 bits per heavy atom. The number of ether oxygens (including phenoxy) is 2. The highest BCUT2D eigenvalue weighted by atomic mass is 16.5. The Balaban J connectivity index is 2.47. The Morgan fingerprint density at radius 1 is 1.16 bits per heavy atom. The van der Waals surface area contributed by atoms with Gasteiger partial charge < -0.3 is 14.8 Å². The average molecular weight is 259 g/mol. The average Bonchev–Trinajstić information content (AvgIpc) is 2.47. The van der Waals surface area contributed by atoms with Crippen molar-refractivity contribution in [3.8, 4) is 22.8 Å². The summed E-state index contributed by atoms with van der Waals surface area (Å²) in [6.45, 7) is 0.625. The molecule has 100 valence electrons. The molecule has 5 nitrogen and oxygen atoms in total. The Kier molecular flexibility index (Phi) is 4.30. The van der Waals surface area contributed by atoms with Gasteiger partial charge in [-0.15, -0.1) is 0 Å². The van der Waals surface area contributed by atoms with Gasteiger partial charge in [0.25, 0.3) is 0 Å². The highest BCUT2D eigenvalue weighted by Crippen LogP contribution is 2.31. The van der Waals surface area contributed by atoms with Crippen molar-refractivity contribution in [3.63, 3.8) is 0 Å². The van der Waals surface area contributed by atoms with E-state index in [1.54, 1.807) is 20.4 Å². The van der Waals surface area contributed by atoms with Crippen molar-refractivity contribution in [1.29, 1.82) is 0 Å². The van der Waals surface area contributed by atoms with Crippen LogP contribution in [-0.2, 0) is 6.54 Å². The van der Waals surface area contributed by atoms with Gasteiger partial charge in [-0.3, -0.25) is 0 Å². The molecule has 0 aliphatic rings. The summed E-state index contributed by atoms with van der Waals surface area (Å²) in [6, 6.07) is 7.49. The molecule has 0 atom stereocenters. The number of nitrogens with zero attached hydrogens (tertiary/aromatic N) is 2. The zero-order valence-electron chi connectivity index (χ0n) is 11.3. The van der Waals surface area contributed by atoms with Crippen LogP contribution in [0.4, 0.5) is 0 Å². The Morgan fingerprint density at radius 3 is 2.68 bits per heavy atom. The molecule has 0 aliphatic heterocycles. The van der Waals surface area contributed by atoms with E-state index < -0.39 is 0 Å². The standard InChI is InChI=1S/C14H17N3O2/c1-15-9-14-16-7-6-12(17-14)11-8-10(18-2)4-5-13(11)19-3/h4-8,15H,9H2,1-3H3. The normalized spacial score (nSPS) is 10.3. The van der Waals surface area contributed by atoms with Crippen LogP contribution >= 0.6 is 0 Å². The van der Waals surface area contributed by atoms with E-state index in [9.17, 15) is 0 Å². The van der Waals surface area contributed by atoms with E-state index in [1.165, 1.54) is 0 Å². The van der Waals surface area contributed by atoms with Crippen molar-refractivity contribution in [2.24, 2.45) is 0 Å². The molecule has 1 heterocycles. The zero-order valence-corrected chi connectivity index (χ0v) is 11.3. The predicted molar refractivity (Wildman–Crippen MR) is 73.3 cm³/mol. The lowest BCUT2D eigenvalue weighted by atomic mass is 10.1. The molecule has 0 radical (unpaired) electrons. The minimum Gasteiger partial charge on any atom is -0.497 e. The molecule has 2 rings (SSSR count). The number of methoxy groups -OCH3 is 2.